The van der Waals surface area contributed by atoms with Gasteiger partial charge in [0.25, 0.3) is 5.91 Å². The molecular weight excluding hydrogens is 316 g/mol. The van der Waals surface area contributed by atoms with Crippen LogP contribution in [0.1, 0.15) is 28.4 Å². The Bertz CT molecular complexity index is 773. The van der Waals surface area contributed by atoms with Gasteiger partial charge in [0.05, 0.1) is 18.7 Å². The molecule has 5 nitrogen and oxygen atoms in total. The molecule has 0 spiro atoms. The number of nitrogens with one attached hydrogen (secondary N) is 1. The highest BCUT2D eigenvalue weighted by atomic mass is 16.5. The third-order valence-electron chi connectivity index (χ3n) is 4.32. The molecule has 0 saturated carbocycles. The third-order valence-corrected chi connectivity index (χ3v) is 4.32. The van der Waals surface area contributed by atoms with Crippen LogP contribution in [0.15, 0.2) is 48.5 Å². The number of carbonyl (C=O) groups excluding carboxylic acids is 2. The smallest absolute Gasteiger partial charge is 0.255 e. The summed E-state index contributed by atoms with van der Waals surface area (Å²) in [6, 6.07) is 15.2. The molecule has 1 N–H and O–H groups in total. The summed E-state index contributed by atoms with van der Waals surface area (Å²) in [7, 11) is 0. The van der Waals surface area contributed by atoms with Crippen LogP contribution in [-0.4, -0.2) is 36.4 Å². The maximum absolute atomic E-state index is 12.4. The Morgan fingerprint density at radius 1 is 1.08 bits per heavy atom. The lowest BCUT2D eigenvalue weighted by Gasteiger charge is -2.29. The Morgan fingerprint density at radius 3 is 2.60 bits per heavy atom. The van der Waals surface area contributed by atoms with Gasteiger partial charge in [0, 0.05) is 13.1 Å². The van der Waals surface area contributed by atoms with Crippen LogP contribution in [-0.2, 0) is 17.8 Å². The standard InChI is InChI=1S/C20H22N2O3/c1-2-25-18-10-6-5-9-17(18)20(24)21-13-19(23)22-12-11-15-7-3-4-8-16(15)14-22/h3-10H,2,11-14H2,1H3,(H,21,24). The second-order valence-electron chi connectivity index (χ2n) is 5.95. The van der Waals surface area contributed by atoms with Crippen molar-refractivity contribution in [1.82, 2.24) is 10.2 Å². The molecule has 5 heteroatoms. The molecule has 0 fully saturated rings. The molecule has 0 aromatic heterocycles. The molecule has 0 aliphatic carbocycles. The lowest BCUT2D eigenvalue weighted by atomic mass is 10.00. The van der Waals surface area contributed by atoms with Crippen molar-refractivity contribution in [2.75, 3.05) is 19.7 Å². The molecule has 3 rings (SSSR count). The van der Waals surface area contributed by atoms with Crippen molar-refractivity contribution >= 4 is 11.8 Å². The van der Waals surface area contributed by atoms with E-state index in [9.17, 15) is 9.59 Å². The monoisotopic (exact) mass is 338 g/mol. The van der Waals surface area contributed by atoms with Gasteiger partial charge in [-0.05, 0) is 36.6 Å². The highest BCUT2D eigenvalue weighted by molar-refractivity contribution is 5.98. The number of carbonyl (C=O) groups is 2. The number of rotatable bonds is 5. The minimum atomic E-state index is -0.296. The van der Waals surface area contributed by atoms with E-state index >= 15 is 0 Å². The number of benzene rings is 2. The van der Waals surface area contributed by atoms with Gasteiger partial charge in [-0.2, -0.15) is 0 Å². The van der Waals surface area contributed by atoms with Gasteiger partial charge in [0.2, 0.25) is 5.91 Å². The summed E-state index contributed by atoms with van der Waals surface area (Å²) in [6.07, 6.45) is 0.850. The average Bonchev–Trinajstić information content (AvgIpc) is 2.66. The summed E-state index contributed by atoms with van der Waals surface area (Å²) in [6.45, 7) is 3.62. The van der Waals surface area contributed by atoms with E-state index in [4.69, 9.17) is 4.74 Å². The first kappa shape index (κ1) is 17.0. The average molecular weight is 338 g/mol. The van der Waals surface area contributed by atoms with E-state index in [1.54, 1.807) is 23.1 Å². The van der Waals surface area contributed by atoms with Gasteiger partial charge in [-0.1, -0.05) is 36.4 Å². The van der Waals surface area contributed by atoms with E-state index in [2.05, 4.69) is 11.4 Å². The highest BCUT2D eigenvalue weighted by Gasteiger charge is 2.21. The van der Waals surface area contributed by atoms with Gasteiger partial charge in [-0.15, -0.1) is 0 Å². The zero-order valence-electron chi connectivity index (χ0n) is 14.3. The number of fused-ring (bicyclic) bond motifs is 1. The van der Waals surface area contributed by atoms with Crippen molar-refractivity contribution in [3.63, 3.8) is 0 Å². The van der Waals surface area contributed by atoms with Crippen molar-refractivity contribution in [1.29, 1.82) is 0 Å². The molecule has 130 valence electrons. The minimum absolute atomic E-state index is 0.0124. The molecule has 0 radical (unpaired) electrons. The summed E-state index contributed by atoms with van der Waals surface area (Å²) >= 11 is 0. The summed E-state index contributed by atoms with van der Waals surface area (Å²) < 4.78 is 5.46. The Hall–Kier alpha value is -2.82. The first-order valence-corrected chi connectivity index (χ1v) is 8.53. The maximum atomic E-state index is 12.4. The fourth-order valence-electron chi connectivity index (χ4n) is 3.01. The van der Waals surface area contributed by atoms with Crippen LogP contribution >= 0.6 is 0 Å². The number of hydrogen-bond acceptors (Lipinski definition) is 3. The van der Waals surface area contributed by atoms with Gasteiger partial charge >= 0.3 is 0 Å². The maximum Gasteiger partial charge on any atom is 0.255 e. The molecule has 1 heterocycles. The van der Waals surface area contributed by atoms with Crippen LogP contribution in [0, 0.1) is 0 Å². The molecule has 2 aromatic rings. The van der Waals surface area contributed by atoms with Crippen LogP contribution in [0.4, 0.5) is 0 Å². The normalized spacial score (nSPS) is 13.1. The Labute approximate surface area is 147 Å². The summed E-state index contributed by atoms with van der Waals surface area (Å²) in [5.41, 5.74) is 2.91. The van der Waals surface area contributed by atoms with Gasteiger partial charge < -0.3 is 15.0 Å². The lowest BCUT2D eigenvalue weighted by molar-refractivity contribution is -0.131. The zero-order chi connectivity index (χ0) is 17.6. The molecule has 0 saturated heterocycles. The van der Waals surface area contributed by atoms with Crippen molar-refractivity contribution in [2.24, 2.45) is 0 Å². The van der Waals surface area contributed by atoms with Crippen LogP contribution in [0.2, 0.25) is 0 Å². The Kier molecular flexibility index (Phi) is 5.33. The predicted octanol–water partition coefficient (Wildman–Crippen LogP) is 2.40. The molecule has 0 atom stereocenters. The topological polar surface area (TPSA) is 58.6 Å². The van der Waals surface area contributed by atoms with Gasteiger partial charge in [0.1, 0.15) is 5.75 Å². The first-order valence-electron chi connectivity index (χ1n) is 8.53. The third kappa shape index (κ3) is 3.99. The fraction of sp³-hybridized carbons (Fsp3) is 0.300. The summed E-state index contributed by atoms with van der Waals surface area (Å²) in [4.78, 5) is 26.6. The number of para-hydroxylation sites is 1. The molecule has 25 heavy (non-hydrogen) atoms. The van der Waals surface area contributed by atoms with Crippen LogP contribution in [0.25, 0.3) is 0 Å². The number of nitrogens with zero attached hydrogens (tertiary/aromatic N) is 1. The van der Waals surface area contributed by atoms with E-state index in [1.807, 2.05) is 31.2 Å². The van der Waals surface area contributed by atoms with Crippen molar-refractivity contribution in [3.8, 4) is 5.75 Å². The van der Waals surface area contributed by atoms with Gasteiger partial charge in [0.15, 0.2) is 0 Å². The van der Waals surface area contributed by atoms with Crippen molar-refractivity contribution < 1.29 is 14.3 Å². The Morgan fingerprint density at radius 2 is 1.80 bits per heavy atom. The number of hydrogen-bond donors (Lipinski definition) is 1. The fourth-order valence-corrected chi connectivity index (χ4v) is 3.01. The molecule has 0 unspecified atom stereocenters. The van der Waals surface area contributed by atoms with E-state index in [-0.39, 0.29) is 18.4 Å². The lowest BCUT2D eigenvalue weighted by Crippen LogP contribution is -2.42. The molecule has 2 amide bonds. The largest absolute Gasteiger partial charge is 0.493 e. The van der Waals surface area contributed by atoms with Crippen LogP contribution < -0.4 is 10.1 Å². The van der Waals surface area contributed by atoms with E-state index in [0.717, 1.165) is 6.42 Å². The quantitative estimate of drug-likeness (QED) is 0.911. The van der Waals surface area contributed by atoms with E-state index in [0.29, 0.717) is 31.0 Å². The zero-order valence-corrected chi connectivity index (χ0v) is 14.3. The second-order valence-corrected chi connectivity index (χ2v) is 5.95. The van der Waals surface area contributed by atoms with Gasteiger partial charge in [-0.25, -0.2) is 0 Å². The predicted molar refractivity (Wildman–Crippen MR) is 95.5 cm³/mol. The highest BCUT2D eigenvalue weighted by Crippen LogP contribution is 2.19. The molecule has 1 aliphatic heterocycles. The molecule has 0 bridgehead atoms. The van der Waals surface area contributed by atoms with E-state index in [1.165, 1.54) is 11.1 Å². The number of ether oxygens (including phenoxy) is 1. The molecular formula is C20H22N2O3. The SMILES string of the molecule is CCOc1ccccc1C(=O)NCC(=O)N1CCc2ccccc2C1. The molecule has 2 aromatic carbocycles. The van der Waals surface area contributed by atoms with Crippen LogP contribution in [0.3, 0.4) is 0 Å². The van der Waals surface area contributed by atoms with Gasteiger partial charge in [-0.3, -0.25) is 9.59 Å². The van der Waals surface area contributed by atoms with Crippen LogP contribution in [0.5, 0.6) is 5.75 Å². The minimum Gasteiger partial charge on any atom is -0.493 e. The summed E-state index contributed by atoms with van der Waals surface area (Å²) in [5.74, 6) is 0.161. The second kappa shape index (κ2) is 7.83. The first-order chi connectivity index (χ1) is 12.2. The Balaban J connectivity index is 1.59. The van der Waals surface area contributed by atoms with Crippen molar-refractivity contribution in [2.45, 2.75) is 19.9 Å². The van der Waals surface area contributed by atoms with Crippen molar-refractivity contribution in [3.05, 3.63) is 65.2 Å². The van der Waals surface area contributed by atoms with E-state index < -0.39 is 0 Å². The summed E-state index contributed by atoms with van der Waals surface area (Å²) in [5, 5.41) is 2.71. The molecule has 1 aliphatic rings. The number of amides is 2.